The first-order valence-corrected chi connectivity index (χ1v) is 10.3. The van der Waals surface area contributed by atoms with Crippen LogP contribution in [0.4, 0.5) is 5.69 Å². The third-order valence-electron chi connectivity index (χ3n) is 5.35. The number of esters is 1. The van der Waals surface area contributed by atoms with Crippen molar-refractivity contribution in [2.24, 2.45) is 0 Å². The second-order valence-corrected chi connectivity index (χ2v) is 7.57. The molecule has 7 heteroatoms. The molecule has 4 rings (SSSR count). The molecule has 1 amide bonds. The van der Waals surface area contributed by atoms with Gasteiger partial charge in [-0.25, -0.2) is 9.48 Å². The minimum absolute atomic E-state index is 0.240. The van der Waals surface area contributed by atoms with Gasteiger partial charge in [0.25, 0.3) is 5.91 Å². The summed E-state index contributed by atoms with van der Waals surface area (Å²) in [4.78, 5) is 24.3. The molecule has 0 radical (unpaired) electrons. The zero-order chi connectivity index (χ0) is 21.8. The van der Waals surface area contributed by atoms with E-state index in [-0.39, 0.29) is 13.2 Å². The highest BCUT2D eigenvalue weighted by Gasteiger charge is 2.17. The molecule has 1 aromatic heterocycles. The fourth-order valence-corrected chi connectivity index (χ4v) is 3.79. The Bertz CT molecular complexity index is 1110. The van der Waals surface area contributed by atoms with Gasteiger partial charge in [-0.2, -0.15) is 5.10 Å². The summed E-state index contributed by atoms with van der Waals surface area (Å²) in [6.45, 7) is 3.06. The summed E-state index contributed by atoms with van der Waals surface area (Å²) in [7, 11) is 0. The first-order chi connectivity index (χ1) is 15.0. The standard InChI is InChI=1S/C24H25N3O4/c1-16-24(17(2)27(26-16)20-9-4-3-5-10-20)25-22(28)14-31-23(29)15-30-21-12-11-18-7-6-8-19(18)13-21/h3-5,9-13H,6-8,14-15H2,1-2H3,(H,25,28). The van der Waals surface area contributed by atoms with Gasteiger partial charge < -0.3 is 14.8 Å². The molecule has 0 aliphatic heterocycles. The summed E-state index contributed by atoms with van der Waals surface area (Å²) in [5, 5.41) is 7.28. The van der Waals surface area contributed by atoms with E-state index < -0.39 is 11.9 Å². The summed E-state index contributed by atoms with van der Waals surface area (Å²) < 4.78 is 12.3. The van der Waals surface area contributed by atoms with Crippen molar-refractivity contribution in [1.29, 1.82) is 0 Å². The second kappa shape index (κ2) is 9.04. The van der Waals surface area contributed by atoms with Crippen LogP contribution in [0.15, 0.2) is 48.5 Å². The molecule has 0 bridgehead atoms. The topological polar surface area (TPSA) is 82.5 Å². The molecule has 0 saturated carbocycles. The molecule has 1 aliphatic carbocycles. The van der Waals surface area contributed by atoms with Gasteiger partial charge in [0, 0.05) is 0 Å². The summed E-state index contributed by atoms with van der Waals surface area (Å²) in [6.07, 6.45) is 3.28. The lowest BCUT2D eigenvalue weighted by molar-refractivity contribution is -0.149. The quantitative estimate of drug-likeness (QED) is 0.593. The average molecular weight is 419 g/mol. The van der Waals surface area contributed by atoms with E-state index in [1.54, 1.807) is 4.68 Å². The van der Waals surface area contributed by atoms with Gasteiger partial charge in [-0.3, -0.25) is 4.79 Å². The maximum absolute atomic E-state index is 12.3. The van der Waals surface area contributed by atoms with Crippen molar-refractivity contribution in [2.45, 2.75) is 33.1 Å². The Labute approximate surface area is 181 Å². The number of nitrogens with zero attached hydrogens (tertiary/aromatic N) is 2. The number of anilines is 1. The molecular weight excluding hydrogens is 394 g/mol. The lowest BCUT2D eigenvalue weighted by Crippen LogP contribution is -2.24. The number of ether oxygens (including phenoxy) is 2. The number of hydrogen-bond donors (Lipinski definition) is 1. The van der Waals surface area contributed by atoms with Crippen molar-refractivity contribution >= 4 is 17.6 Å². The molecule has 31 heavy (non-hydrogen) atoms. The van der Waals surface area contributed by atoms with E-state index in [1.807, 2.05) is 62.4 Å². The van der Waals surface area contributed by atoms with E-state index in [1.165, 1.54) is 11.1 Å². The van der Waals surface area contributed by atoms with E-state index in [2.05, 4.69) is 10.4 Å². The van der Waals surface area contributed by atoms with Gasteiger partial charge in [0.1, 0.15) is 5.75 Å². The predicted octanol–water partition coefficient (Wildman–Crippen LogP) is 3.54. The van der Waals surface area contributed by atoms with Crippen LogP contribution in [0, 0.1) is 13.8 Å². The first-order valence-electron chi connectivity index (χ1n) is 10.3. The number of aromatic nitrogens is 2. The van der Waals surface area contributed by atoms with E-state index in [0.717, 1.165) is 30.6 Å². The molecule has 7 nitrogen and oxygen atoms in total. The largest absolute Gasteiger partial charge is 0.482 e. The van der Waals surface area contributed by atoms with Gasteiger partial charge >= 0.3 is 5.97 Å². The van der Waals surface area contributed by atoms with Gasteiger partial charge in [-0.05, 0) is 68.5 Å². The lowest BCUT2D eigenvalue weighted by Gasteiger charge is -2.09. The molecule has 1 heterocycles. The zero-order valence-electron chi connectivity index (χ0n) is 17.7. The number of para-hydroxylation sites is 1. The summed E-state index contributed by atoms with van der Waals surface area (Å²) in [5.41, 5.74) is 5.60. The van der Waals surface area contributed by atoms with Crippen molar-refractivity contribution in [3.8, 4) is 11.4 Å². The van der Waals surface area contributed by atoms with E-state index in [4.69, 9.17) is 9.47 Å². The Balaban J connectivity index is 1.28. The summed E-state index contributed by atoms with van der Waals surface area (Å²) >= 11 is 0. The van der Waals surface area contributed by atoms with Crippen molar-refractivity contribution in [2.75, 3.05) is 18.5 Å². The Morgan fingerprint density at radius 3 is 2.61 bits per heavy atom. The number of rotatable bonds is 7. The Kier molecular flexibility index (Phi) is 6.02. The van der Waals surface area contributed by atoms with Crippen molar-refractivity contribution in [1.82, 2.24) is 9.78 Å². The fraction of sp³-hybridized carbons (Fsp3) is 0.292. The molecule has 1 aliphatic rings. The molecule has 0 atom stereocenters. The van der Waals surface area contributed by atoms with Crippen molar-refractivity contribution < 1.29 is 19.1 Å². The lowest BCUT2D eigenvalue weighted by atomic mass is 10.1. The highest BCUT2D eigenvalue weighted by molar-refractivity contribution is 5.94. The maximum atomic E-state index is 12.3. The van der Waals surface area contributed by atoms with Crippen LogP contribution < -0.4 is 10.1 Å². The Morgan fingerprint density at radius 2 is 1.81 bits per heavy atom. The van der Waals surface area contributed by atoms with E-state index in [0.29, 0.717) is 17.1 Å². The number of hydrogen-bond acceptors (Lipinski definition) is 5. The van der Waals surface area contributed by atoms with Crippen LogP contribution >= 0.6 is 0 Å². The van der Waals surface area contributed by atoms with Gasteiger partial charge in [-0.1, -0.05) is 24.3 Å². The SMILES string of the molecule is Cc1nn(-c2ccccc2)c(C)c1NC(=O)COC(=O)COc1ccc2c(c1)CCC2. The van der Waals surface area contributed by atoms with Gasteiger partial charge in [0.05, 0.1) is 22.8 Å². The monoisotopic (exact) mass is 419 g/mol. The number of fused-ring (bicyclic) bond motifs is 1. The first kappa shape index (κ1) is 20.7. The van der Waals surface area contributed by atoms with Crippen LogP contribution in [0.5, 0.6) is 5.75 Å². The maximum Gasteiger partial charge on any atom is 0.344 e. The van der Waals surface area contributed by atoms with Crippen molar-refractivity contribution in [3.05, 3.63) is 71.0 Å². The second-order valence-electron chi connectivity index (χ2n) is 7.57. The minimum atomic E-state index is -0.593. The highest BCUT2D eigenvalue weighted by Crippen LogP contribution is 2.26. The normalized spacial score (nSPS) is 12.3. The van der Waals surface area contributed by atoms with E-state index >= 15 is 0 Å². The molecule has 1 N–H and O–H groups in total. The predicted molar refractivity (Wildman–Crippen MR) is 117 cm³/mol. The van der Waals surface area contributed by atoms with Gasteiger partial charge in [-0.15, -0.1) is 0 Å². The minimum Gasteiger partial charge on any atom is -0.482 e. The highest BCUT2D eigenvalue weighted by atomic mass is 16.6. The van der Waals surface area contributed by atoms with Crippen LogP contribution in [0.25, 0.3) is 5.69 Å². The number of amides is 1. The average Bonchev–Trinajstić information content (AvgIpc) is 3.36. The third-order valence-corrected chi connectivity index (χ3v) is 5.35. The van der Waals surface area contributed by atoms with Crippen LogP contribution in [0.3, 0.4) is 0 Å². The van der Waals surface area contributed by atoms with E-state index in [9.17, 15) is 9.59 Å². The molecule has 160 valence electrons. The molecular formula is C24H25N3O4. The van der Waals surface area contributed by atoms with Gasteiger partial charge in [0.2, 0.25) is 0 Å². The van der Waals surface area contributed by atoms with Gasteiger partial charge in [0.15, 0.2) is 13.2 Å². The van der Waals surface area contributed by atoms with Crippen LogP contribution in [0.1, 0.15) is 28.9 Å². The van der Waals surface area contributed by atoms with Crippen molar-refractivity contribution in [3.63, 3.8) is 0 Å². The molecule has 0 fully saturated rings. The van der Waals surface area contributed by atoms with Crippen LogP contribution in [-0.4, -0.2) is 34.9 Å². The number of nitrogens with one attached hydrogen (secondary N) is 1. The Morgan fingerprint density at radius 1 is 1.03 bits per heavy atom. The molecule has 0 unspecified atom stereocenters. The fourth-order valence-electron chi connectivity index (χ4n) is 3.79. The third kappa shape index (κ3) is 4.77. The number of carbonyl (C=O) groups excluding carboxylic acids is 2. The smallest absolute Gasteiger partial charge is 0.344 e. The molecule has 0 saturated heterocycles. The number of carbonyl (C=O) groups is 2. The van der Waals surface area contributed by atoms with Crippen LogP contribution in [0.2, 0.25) is 0 Å². The number of aryl methyl sites for hydroxylation is 3. The summed E-state index contributed by atoms with van der Waals surface area (Å²) in [6, 6.07) is 15.5. The van der Waals surface area contributed by atoms with Crippen LogP contribution in [-0.2, 0) is 27.2 Å². The molecule has 2 aromatic carbocycles. The zero-order valence-corrected chi connectivity index (χ0v) is 17.7. The molecule has 0 spiro atoms. The summed E-state index contributed by atoms with van der Waals surface area (Å²) in [5.74, 6) is -0.379. The Hall–Kier alpha value is -3.61. The number of benzene rings is 2. The molecule has 3 aromatic rings.